The summed E-state index contributed by atoms with van der Waals surface area (Å²) in [5, 5.41) is 3.04. The number of nitrogens with one attached hydrogen (secondary N) is 1. The maximum atomic E-state index is 11.6. The van der Waals surface area contributed by atoms with Crippen molar-refractivity contribution in [3.05, 3.63) is 11.0 Å². The van der Waals surface area contributed by atoms with Gasteiger partial charge in [-0.1, -0.05) is 0 Å². The highest BCUT2D eigenvalue weighted by Crippen LogP contribution is 2.38. The number of aryl methyl sites for hydroxylation is 1. The topological polar surface area (TPSA) is 58.1 Å². The number of halogens is 1. The molecule has 0 atom stereocenters. The van der Waals surface area contributed by atoms with Crippen molar-refractivity contribution < 1.29 is 4.79 Å². The van der Waals surface area contributed by atoms with E-state index in [0.717, 1.165) is 18.7 Å². The van der Waals surface area contributed by atoms with Gasteiger partial charge in [-0.3, -0.25) is 4.79 Å². The number of fused-ring (bicyclic) bond motifs is 1. The summed E-state index contributed by atoms with van der Waals surface area (Å²) in [5.74, 6) is 0.757. The third-order valence-electron chi connectivity index (χ3n) is 2.88. The van der Waals surface area contributed by atoms with E-state index in [-0.39, 0.29) is 11.2 Å². The number of hydrogen-bond acceptors (Lipinski definition) is 4. The first kappa shape index (κ1) is 9.84. The number of nitrogens with zero attached hydrogens (tertiary/aromatic N) is 3. The summed E-state index contributed by atoms with van der Waals surface area (Å²) >= 11 is 5.85. The SMILES string of the molecule is Cc1nc(Cl)nc2c1NC(=O)CN2C1CC1. The average Bonchev–Trinajstić information content (AvgIpc) is 3.01. The van der Waals surface area contributed by atoms with Gasteiger partial charge in [-0.2, -0.15) is 4.98 Å². The Bertz CT molecular complexity index is 472. The minimum Gasteiger partial charge on any atom is -0.342 e. The van der Waals surface area contributed by atoms with Crippen molar-refractivity contribution in [2.45, 2.75) is 25.8 Å². The zero-order valence-corrected chi connectivity index (χ0v) is 9.58. The quantitative estimate of drug-likeness (QED) is 0.751. The van der Waals surface area contributed by atoms with Crippen molar-refractivity contribution in [2.75, 3.05) is 16.8 Å². The molecule has 0 aromatic carbocycles. The standard InChI is InChI=1S/C10H11ClN4O/c1-5-8-9(14-10(11)12-5)15(6-2-3-6)4-7(16)13-8/h6H,2-4H2,1H3,(H,13,16). The van der Waals surface area contributed by atoms with Gasteiger partial charge in [0.1, 0.15) is 5.69 Å². The van der Waals surface area contributed by atoms with Crippen molar-refractivity contribution in [3.63, 3.8) is 0 Å². The van der Waals surface area contributed by atoms with Crippen LogP contribution in [0.15, 0.2) is 0 Å². The lowest BCUT2D eigenvalue weighted by atomic mass is 10.2. The van der Waals surface area contributed by atoms with E-state index in [4.69, 9.17) is 11.6 Å². The van der Waals surface area contributed by atoms with E-state index >= 15 is 0 Å². The molecule has 84 valence electrons. The third kappa shape index (κ3) is 1.51. The van der Waals surface area contributed by atoms with E-state index in [0.29, 0.717) is 24.0 Å². The molecule has 0 unspecified atom stereocenters. The number of anilines is 2. The second-order valence-electron chi connectivity index (χ2n) is 4.18. The van der Waals surface area contributed by atoms with Crippen LogP contribution in [0, 0.1) is 6.92 Å². The number of aromatic nitrogens is 2. The molecule has 2 heterocycles. The predicted molar refractivity (Wildman–Crippen MR) is 60.8 cm³/mol. The molecule has 0 saturated heterocycles. The van der Waals surface area contributed by atoms with Crippen molar-refractivity contribution in [3.8, 4) is 0 Å². The number of carbonyl (C=O) groups excluding carboxylic acids is 1. The Morgan fingerprint density at radius 3 is 2.88 bits per heavy atom. The molecule has 1 N–H and O–H groups in total. The van der Waals surface area contributed by atoms with Gasteiger partial charge < -0.3 is 10.2 Å². The summed E-state index contributed by atoms with van der Waals surface area (Å²) in [7, 11) is 0. The van der Waals surface area contributed by atoms with Gasteiger partial charge in [-0.05, 0) is 31.4 Å². The van der Waals surface area contributed by atoms with E-state index in [1.54, 1.807) is 0 Å². The van der Waals surface area contributed by atoms with Gasteiger partial charge in [0.25, 0.3) is 0 Å². The van der Waals surface area contributed by atoms with Gasteiger partial charge in [-0.25, -0.2) is 4.98 Å². The predicted octanol–water partition coefficient (Wildman–Crippen LogP) is 1.36. The summed E-state index contributed by atoms with van der Waals surface area (Å²) in [6.07, 6.45) is 2.24. The lowest BCUT2D eigenvalue weighted by molar-refractivity contribution is -0.115. The van der Waals surface area contributed by atoms with Gasteiger partial charge in [-0.15, -0.1) is 0 Å². The van der Waals surface area contributed by atoms with Crippen LogP contribution in [0.1, 0.15) is 18.5 Å². The average molecular weight is 239 g/mol. The summed E-state index contributed by atoms with van der Waals surface area (Å²) in [6.45, 7) is 2.19. The van der Waals surface area contributed by atoms with E-state index in [9.17, 15) is 4.79 Å². The van der Waals surface area contributed by atoms with Crippen molar-refractivity contribution in [1.29, 1.82) is 0 Å². The first-order valence-electron chi connectivity index (χ1n) is 5.26. The molecule has 5 nitrogen and oxygen atoms in total. The Hall–Kier alpha value is -1.36. The molecule has 0 radical (unpaired) electrons. The summed E-state index contributed by atoms with van der Waals surface area (Å²) in [4.78, 5) is 21.9. The lowest BCUT2D eigenvalue weighted by Crippen LogP contribution is -2.40. The second kappa shape index (κ2) is 3.31. The Morgan fingerprint density at radius 2 is 2.19 bits per heavy atom. The Kier molecular flexibility index (Phi) is 2.04. The van der Waals surface area contributed by atoms with Crippen LogP contribution < -0.4 is 10.2 Å². The zero-order chi connectivity index (χ0) is 11.3. The molecular weight excluding hydrogens is 228 g/mol. The first-order valence-corrected chi connectivity index (χ1v) is 5.63. The molecular formula is C10H11ClN4O. The van der Waals surface area contributed by atoms with Crippen molar-refractivity contribution >= 4 is 29.0 Å². The van der Waals surface area contributed by atoms with Crippen LogP contribution in [0.4, 0.5) is 11.5 Å². The zero-order valence-electron chi connectivity index (χ0n) is 8.83. The number of amides is 1. The maximum absolute atomic E-state index is 11.6. The maximum Gasteiger partial charge on any atom is 0.244 e. The molecule has 1 aliphatic carbocycles. The molecule has 3 rings (SSSR count). The highest BCUT2D eigenvalue weighted by atomic mass is 35.5. The monoisotopic (exact) mass is 238 g/mol. The van der Waals surface area contributed by atoms with Crippen LogP contribution in [0.3, 0.4) is 0 Å². The normalized spacial score (nSPS) is 19.4. The third-order valence-corrected chi connectivity index (χ3v) is 3.05. The van der Waals surface area contributed by atoms with Crippen LogP contribution >= 0.6 is 11.6 Å². The van der Waals surface area contributed by atoms with E-state index in [1.165, 1.54) is 0 Å². The Labute approximate surface area is 97.8 Å². The Balaban J connectivity index is 2.12. The minimum atomic E-state index is -0.00609. The highest BCUT2D eigenvalue weighted by Gasteiger charge is 2.36. The van der Waals surface area contributed by atoms with Gasteiger partial charge in [0.2, 0.25) is 11.2 Å². The number of carbonyl (C=O) groups is 1. The van der Waals surface area contributed by atoms with Crippen LogP contribution in [0.2, 0.25) is 5.28 Å². The molecule has 1 amide bonds. The first-order chi connectivity index (χ1) is 7.65. The molecule has 2 aliphatic rings. The van der Waals surface area contributed by atoms with Crippen LogP contribution in [0.25, 0.3) is 0 Å². The van der Waals surface area contributed by atoms with E-state index < -0.39 is 0 Å². The summed E-state index contributed by atoms with van der Waals surface area (Å²) in [5.41, 5.74) is 1.42. The molecule has 1 aliphatic heterocycles. The van der Waals surface area contributed by atoms with Crippen LogP contribution in [-0.4, -0.2) is 28.5 Å². The lowest BCUT2D eigenvalue weighted by Gasteiger charge is -2.30. The molecule has 1 fully saturated rings. The molecule has 0 spiro atoms. The molecule has 16 heavy (non-hydrogen) atoms. The van der Waals surface area contributed by atoms with Crippen LogP contribution in [-0.2, 0) is 4.79 Å². The fraction of sp³-hybridized carbons (Fsp3) is 0.500. The molecule has 1 aromatic heterocycles. The molecule has 1 aromatic rings. The molecule has 1 saturated carbocycles. The summed E-state index contributed by atoms with van der Waals surface area (Å²) in [6, 6.07) is 0.440. The van der Waals surface area contributed by atoms with Gasteiger partial charge in [0.15, 0.2) is 5.82 Å². The number of hydrogen-bond donors (Lipinski definition) is 1. The minimum absolute atomic E-state index is 0.00609. The van der Waals surface area contributed by atoms with Gasteiger partial charge >= 0.3 is 0 Å². The van der Waals surface area contributed by atoms with Crippen molar-refractivity contribution in [2.24, 2.45) is 0 Å². The second-order valence-corrected chi connectivity index (χ2v) is 4.52. The smallest absolute Gasteiger partial charge is 0.244 e. The van der Waals surface area contributed by atoms with E-state index in [2.05, 4.69) is 15.3 Å². The molecule has 0 bridgehead atoms. The van der Waals surface area contributed by atoms with E-state index in [1.807, 2.05) is 11.8 Å². The fourth-order valence-electron chi connectivity index (χ4n) is 1.98. The molecule has 6 heteroatoms. The van der Waals surface area contributed by atoms with Crippen molar-refractivity contribution in [1.82, 2.24) is 9.97 Å². The fourth-order valence-corrected chi connectivity index (χ4v) is 2.18. The Morgan fingerprint density at radius 1 is 1.44 bits per heavy atom. The van der Waals surface area contributed by atoms with Crippen LogP contribution in [0.5, 0.6) is 0 Å². The largest absolute Gasteiger partial charge is 0.342 e. The highest BCUT2D eigenvalue weighted by molar-refractivity contribution is 6.28. The van der Waals surface area contributed by atoms with Gasteiger partial charge in [0.05, 0.1) is 12.2 Å². The number of rotatable bonds is 1. The van der Waals surface area contributed by atoms with Gasteiger partial charge in [0, 0.05) is 6.04 Å². The summed E-state index contributed by atoms with van der Waals surface area (Å²) < 4.78 is 0.